The van der Waals surface area contributed by atoms with E-state index in [-0.39, 0.29) is 142 Å². The normalized spacial score (nSPS) is 18.4. The van der Waals surface area contributed by atoms with Gasteiger partial charge in [-0.1, -0.05) is 55.3 Å². The predicted molar refractivity (Wildman–Crippen MR) is 471 cm³/mol. The van der Waals surface area contributed by atoms with Gasteiger partial charge < -0.3 is 120 Å². The third kappa shape index (κ3) is 38.5. The summed E-state index contributed by atoms with van der Waals surface area (Å²) in [5, 5.41) is 107. The number of rotatable bonds is 48. The Balaban J connectivity index is 1.07. The Morgan fingerprint density at radius 1 is 0.489 bits per heavy atom. The minimum atomic E-state index is -1.86. The molecule has 0 unspecified atom stereocenters. The Bertz CT molecular complexity index is 4710. The molecule has 0 spiro atoms. The minimum Gasteiger partial charge on any atom is -0.481 e. The molecular formula is C85H120N22O26. The molecule has 7 rings (SSSR count). The number of H-pyrrole nitrogens is 1. The first-order valence-corrected chi connectivity index (χ1v) is 43.7. The number of carboxylic acids is 7. The summed E-state index contributed by atoms with van der Waals surface area (Å²) in [4.78, 5) is 270. The highest BCUT2D eigenvalue weighted by molar-refractivity contribution is 6.00. The molecule has 23 N–H and O–H groups in total. The van der Waals surface area contributed by atoms with E-state index in [1.807, 2.05) is 24.3 Å². The van der Waals surface area contributed by atoms with Gasteiger partial charge in [-0.15, -0.1) is 0 Å². The molecule has 0 bridgehead atoms. The maximum absolute atomic E-state index is 14.7. The number of hydrogen-bond donors (Lipinski definition) is 22. The highest BCUT2D eigenvalue weighted by Crippen LogP contribution is 2.28. The number of nitrogens with one attached hydrogen (secondary N) is 14. The van der Waals surface area contributed by atoms with E-state index in [9.17, 15) is 127 Å². The number of carbonyl (C=O) groups is 19. The van der Waals surface area contributed by atoms with Crippen LogP contribution in [-0.4, -0.2) is 360 Å². The lowest BCUT2D eigenvalue weighted by Crippen LogP contribution is -2.58. The quantitative estimate of drug-likeness (QED) is 0.0113. The molecule has 1 aromatic heterocycles. The molecule has 12 amide bonds. The van der Waals surface area contributed by atoms with Crippen molar-refractivity contribution < 1.29 is 127 Å². The largest absolute Gasteiger partial charge is 0.481 e. The van der Waals surface area contributed by atoms with E-state index < -0.39 is 245 Å². The molecule has 4 heterocycles. The van der Waals surface area contributed by atoms with E-state index in [0.717, 1.165) is 11.0 Å². The van der Waals surface area contributed by atoms with Crippen molar-refractivity contribution in [3.63, 3.8) is 0 Å². The number of aliphatic carboxylic acids is 7. The summed E-state index contributed by atoms with van der Waals surface area (Å²) in [7, 11) is 1.61. The van der Waals surface area contributed by atoms with Crippen LogP contribution in [0.3, 0.4) is 0 Å². The molecule has 4 aromatic rings. The van der Waals surface area contributed by atoms with E-state index in [0.29, 0.717) is 47.5 Å². The number of hydrogen-bond acceptors (Lipinski definition) is 26. The van der Waals surface area contributed by atoms with Crippen LogP contribution in [0.2, 0.25) is 0 Å². The van der Waals surface area contributed by atoms with E-state index in [1.165, 1.54) is 29.4 Å². The molecule has 726 valence electrons. The van der Waals surface area contributed by atoms with E-state index in [2.05, 4.69) is 73.8 Å². The van der Waals surface area contributed by atoms with Crippen molar-refractivity contribution in [1.82, 2.24) is 97.9 Å². The average Bonchev–Trinajstić information content (AvgIpc) is 1.73. The monoisotopic (exact) mass is 1860 g/mol. The fourth-order valence-electron chi connectivity index (χ4n) is 15.0. The van der Waals surface area contributed by atoms with Gasteiger partial charge in [0, 0.05) is 129 Å². The van der Waals surface area contributed by atoms with Gasteiger partial charge in [-0.3, -0.25) is 116 Å². The fourth-order valence-corrected chi connectivity index (χ4v) is 15.0. The number of guanidine groups is 1. The third-order valence-electron chi connectivity index (χ3n) is 22.0. The van der Waals surface area contributed by atoms with Crippen molar-refractivity contribution in [3.05, 3.63) is 95.3 Å². The maximum atomic E-state index is 14.7. The number of para-hydroxylation sites is 2. The van der Waals surface area contributed by atoms with Gasteiger partial charge in [0.2, 0.25) is 65.0 Å². The number of nitrogens with zero attached hydrogens (tertiary/aromatic N) is 7. The predicted octanol–water partition coefficient (Wildman–Crippen LogP) is -4.12. The second-order valence-corrected chi connectivity index (χ2v) is 32.6. The number of carboxylic acid groups (broad SMARTS) is 7. The van der Waals surface area contributed by atoms with Gasteiger partial charge in [-0.25, -0.2) is 4.98 Å². The topological polar surface area (TPSA) is 708 Å². The Labute approximate surface area is 764 Å². The zero-order valence-corrected chi connectivity index (χ0v) is 73.8. The van der Waals surface area contributed by atoms with Gasteiger partial charge in [0.05, 0.1) is 63.1 Å². The number of imidazole rings is 1. The Kier molecular flexibility index (Phi) is 43.5. The Morgan fingerprint density at radius 2 is 0.985 bits per heavy atom. The molecule has 0 saturated carbocycles. The first kappa shape index (κ1) is 106. The van der Waals surface area contributed by atoms with Gasteiger partial charge in [0.15, 0.2) is 5.96 Å². The lowest BCUT2D eigenvalue weighted by Gasteiger charge is -2.33. The number of nitrogens with two attached hydrogens (primary N) is 1. The number of aromatic nitrogens is 2. The molecule has 133 heavy (non-hydrogen) atoms. The van der Waals surface area contributed by atoms with Crippen LogP contribution < -0.4 is 69.5 Å². The molecule has 3 aliphatic rings. The number of anilines is 1. The lowest BCUT2D eigenvalue weighted by atomic mass is 10.0. The Hall–Kier alpha value is -14.0. The van der Waals surface area contributed by atoms with Crippen molar-refractivity contribution >= 4 is 135 Å². The molecule has 0 aliphatic carbocycles. The number of aromatic amines is 1. The van der Waals surface area contributed by atoms with Gasteiger partial charge in [-0.05, 0) is 106 Å². The summed E-state index contributed by atoms with van der Waals surface area (Å²) in [6.45, 7) is -2.62. The molecule has 3 aromatic carbocycles. The van der Waals surface area contributed by atoms with Crippen LogP contribution in [0.5, 0.6) is 0 Å². The van der Waals surface area contributed by atoms with E-state index in [4.69, 9.17) is 11.1 Å². The van der Waals surface area contributed by atoms with Crippen LogP contribution in [0.25, 0.3) is 11.0 Å². The summed E-state index contributed by atoms with van der Waals surface area (Å²) in [6.07, 6.45) is -4.25. The first-order valence-electron chi connectivity index (χ1n) is 43.7. The molecule has 48 heteroatoms. The van der Waals surface area contributed by atoms with Crippen molar-refractivity contribution in [1.29, 1.82) is 5.41 Å². The third-order valence-corrected chi connectivity index (χ3v) is 22.0. The Morgan fingerprint density at radius 3 is 1.56 bits per heavy atom. The summed E-state index contributed by atoms with van der Waals surface area (Å²) in [5.74, 6) is -19.8. The van der Waals surface area contributed by atoms with E-state index >= 15 is 0 Å². The van der Waals surface area contributed by atoms with Crippen LogP contribution >= 0.6 is 0 Å². The fraction of sp³-hybridized carbons (Fsp3) is 0.541. The second kappa shape index (κ2) is 54.6. The first-order chi connectivity index (χ1) is 63.3. The molecular weight excluding hydrogens is 1750 g/mol. The summed E-state index contributed by atoms with van der Waals surface area (Å²) >= 11 is 0. The molecule has 48 nitrogen and oxygen atoms in total. The maximum Gasteiger partial charge on any atom is 0.317 e. The van der Waals surface area contributed by atoms with Crippen molar-refractivity contribution in [3.8, 4) is 0 Å². The minimum absolute atomic E-state index is 0.00171. The standard InChI is InChI=1S/C85H120N22O26/c1-102(46-65-93-55-16-7-8-17-56(55)94-65)83(132)52-20-21-54-53(41-52)45-107(84(133)64(92-54)43-72(117)118)31-12-3-2-10-29-89-76(125)59(99-80(129)61(24-27-70(113)114)100-79(128)60(23-26-69(111)112)95-68(110)47-103-32-34-104(48-73(119)120)36-38-106(50-75(123)124)39-37-105(35-33-103)49-74(121)122)22-25-66(108)88-28-11-9-18-58-78(127)97-57(19-13-30-90-85(86)87)77(126)91-44-67(109)96-63(42-71(115)116)82(131)101-62(81(130)98-58)40-51-14-5-4-6-15-51/h4-8,14-17,20-21,41,57-64,92H,2-3,9-13,18-19,22-40,42-50H2,1H3,(H,88,108)(H,89,125)(H,91,126)(H,93,94)(H,95,110)(H,96,109)(H,97,127)(H,98,130)(H,99,129)(H,100,128)(H,101,131)(H,111,112)(H,113,114)(H,115,116)(H,117,118)(H,119,120)(H,121,122)(H,123,124)(H4,86,87,90)/t57-,58-,59-,60-,61+,62+,63-,64-/m0/s1. The van der Waals surface area contributed by atoms with Crippen LogP contribution in [0.1, 0.15) is 136 Å². The number of fused-ring (bicyclic) bond motifs is 2. The molecule has 2 fully saturated rings. The molecule has 2 saturated heterocycles. The summed E-state index contributed by atoms with van der Waals surface area (Å²) in [5.41, 5.74) is 8.75. The average molecular weight is 1870 g/mol. The second-order valence-electron chi connectivity index (χ2n) is 32.6. The number of carbonyl (C=O) groups excluding carboxylic acids is 12. The number of benzene rings is 3. The van der Waals surface area contributed by atoms with Gasteiger partial charge >= 0.3 is 41.8 Å². The number of unbranched alkanes of at least 4 members (excludes halogenated alkanes) is 4. The lowest BCUT2D eigenvalue weighted by molar-refractivity contribution is -0.141. The van der Waals surface area contributed by atoms with Gasteiger partial charge in [0.1, 0.15) is 54.2 Å². The van der Waals surface area contributed by atoms with Crippen LogP contribution in [0.4, 0.5) is 5.69 Å². The molecule has 3 aliphatic heterocycles. The van der Waals surface area contributed by atoms with Crippen LogP contribution in [0.15, 0.2) is 72.8 Å². The zero-order chi connectivity index (χ0) is 97.2. The SMILES string of the molecule is CN(Cc1nc2ccccc2[nH]1)C(=O)c1ccc2c(c1)CN(CCCCCCNC(=O)[C@H](CCC(=O)NCCCC[C@@H]1NC(=O)[C@@H](Cc3ccccc3)NC(=O)[C@H](CC(=O)O)NC(=O)CNC(=O)[C@H](CCCNC(=N)N)NC1=O)NC(=O)[C@@H](CCC(=O)O)NC(=O)[C@H](CCC(=O)O)NC(=O)CN1CCN(CC(=O)O)CCN(CC(=O)O)CCN(CC(=O)O)CC1)C(=O)[C@H](CC(=O)O)N2. The van der Waals surface area contributed by atoms with Crippen molar-refractivity contribution in [2.24, 2.45) is 5.73 Å². The van der Waals surface area contributed by atoms with Crippen LogP contribution in [-0.2, 0) is 106 Å². The van der Waals surface area contributed by atoms with Crippen LogP contribution in [0, 0.1) is 5.41 Å². The van der Waals surface area contributed by atoms with E-state index in [1.54, 1.807) is 55.6 Å². The highest BCUT2D eigenvalue weighted by Gasteiger charge is 2.38. The van der Waals surface area contributed by atoms with Gasteiger partial charge in [0.25, 0.3) is 5.91 Å². The van der Waals surface area contributed by atoms with Crippen molar-refractivity contribution in [2.75, 3.05) is 124 Å². The summed E-state index contributed by atoms with van der Waals surface area (Å²) in [6, 6.07) is 7.83. The number of amides is 12. The highest BCUT2D eigenvalue weighted by atomic mass is 16.4. The molecule has 0 radical (unpaired) electrons. The summed E-state index contributed by atoms with van der Waals surface area (Å²) < 4.78 is 0. The zero-order valence-electron chi connectivity index (χ0n) is 73.8. The van der Waals surface area contributed by atoms with Gasteiger partial charge in [-0.2, -0.15) is 0 Å². The smallest absolute Gasteiger partial charge is 0.317 e. The molecule has 8 atom stereocenters. The van der Waals surface area contributed by atoms with Crippen molar-refractivity contribution in [2.45, 2.75) is 177 Å².